The summed E-state index contributed by atoms with van der Waals surface area (Å²) in [7, 11) is 0. The number of anilines is 1. The first kappa shape index (κ1) is 12.2. The van der Waals surface area contributed by atoms with E-state index in [1.807, 2.05) is 0 Å². The van der Waals surface area contributed by atoms with Crippen molar-refractivity contribution in [3.8, 4) is 0 Å². The fourth-order valence-electron chi connectivity index (χ4n) is 1.32. The zero-order valence-corrected chi connectivity index (χ0v) is 9.70. The molecule has 0 saturated carbocycles. The average Bonchev–Trinajstić information content (AvgIpc) is 2.17. The fraction of sp³-hybridized carbons (Fsp3) is 0.333. The predicted molar refractivity (Wildman–Crippen MR) is 63.0 cm³/mol. The van der Waals surface area contributed by atoms with Crippen LogP contribution in [0.25, 0.3) is 0 Å². The van der Waals surface area contributed by atoms with Crippen molar-refractivity contribution in [3.05, 3.63) is 29.8 Å². The molecule has 0 aliphatic heterocycles. The molecule has 0 radical (unpaired) electrons. The Bertz CT molecular complexity index is 408. The topological polar surface area (TPSA) is 72.2 Å². The van der Waals surface area contributed by atoms with Gasteiger partial charge in [-0.2, -0.15) is 0 Å². The molecule has 1 rings (SSSR count). The van der Waals surface area contributed by atoms with Crippen LogP contribution < -0.4 is 11.1 Å². The van der Waals surface area contributed by atoms with Crippen molar-refractivity contribution < 1.29 is 9.59 Å². The molecule has 0 saturated heterocycles. The van der Waals surface area contributed by atoms with Gasteiger partial charge in [0.2, 0.25) is 11.8 Å². The summed E-state index contributed by atoms with van der Waals surface area (Å²) in [5.41, 5.74) is 6.15. The lowest BCUT2D eigenvalue weighted by molar-refractivity contribution is -0.122. The molecule has 0 fully saturated rings. The zero-order valence-electron chi connectivity index (χ0n) is 9.70. The predicted octanol–water partition coefficient (Wildman–Crippen LogP) is 1.41. The lowest BCUT2D eigenvalue weighted by Gasteiger charge is -2.21. The van der Waals surface area contributed by atoms with Crippen molar-refractivity contribution in [2.24, 2.45) is 5.73 Å². The Kier molecular flexibility index (Phi) is 3.32. The van der Waals surface area contributed by atoms with E-state index in [-0.39, 0.29) is 11.8 Å². The first-order valence-electron chi connectivity index (χ1n) is 5.02. The SMILES string of the molecule is CC(=O)Nc1ccc(C(C)(C)C(N)=O)cc1. The van der Waals surface area contributed by atoms with Crippen LogP contribution in [0.5, 0.6) is 0 Å². The van der Waals surface area contributed by atoms with E-state index in [0.29, 0.717) is 5.69 Å². The maximum atomic E-state index is 11.2. The van der Waals surface area contributed by atoms with Crippen LogP contribution in [-0.2, 0) is 15.0 Å². The second-order valence-electron chi connectivity index (χ2n) is 4.25. The van der Waals surface area contributed by atoms with Crippen molar-refractivity contribution in [1.29, 1.82) is 0 Å². The molecule has 2 amide bonds. The smallest absolute Gasteiger partial charge is 0.227 e. The van der Waals surface area contributed by atoms with Gasteiger partial charge in [0.15, 0.2) is 0 Å². The number of nitrogens with one attached hydrogen (secondary N) is 1. The normalized spacial score (nSPS) is 10.9. The third-order valence-corrected chi connectivity index (χ3v) is 2.54. The lowest BCUT2D eigenvalue weighted by Crippen LogP contribution is -2.35. The molecule has 4 nitrogen and oxygen atoms in total. The highest BCUT2D eigenvalue weighted by atomic mass is 16.1. The Morgan fingerprint density at radius 1 is 1.19 bits per heavy atom. The van der Waals surface area contributed by atoms with Gasteiger partial charge in [-0.15, -0.1) is 0 Å². The van der Waals surface area contributed by atoms with E-state index < -0.39 is 5.41 Å². The van der Waals surface area contributed by atoms with Gasteiger partial charge in [-0.25, -0.2) is 0 Å². The second kappa shape index (κ2) is 4.35. The summed E-state index contributed by atoms with van der Waals surface area (Å²) in [5, 5.41) is 2.66. The standard InChI is InChI=1S/C12H16N2O2/c1-8(15)14-10-6-4-9(5-7-10)12(2,3)11(13)16/h4-7H,1-3H3,(H2,13,16)(H,14,15). The van der Waals surface area contributed by atoms with Crippen LogP contribution in [-0.4, -0.2) is 11.8 Å². The molecule has 86 valence electrons. The number of carbonyl (C=O) groups is 2. The van der Waals surface area contributed by atoms with Crippen molar-refractivity contribution in [2.45, 2.75) is 26.2 Å². The van der Waals surface area contributed by atoms with Crippen molar-refractivity contribution in [2.75, 3.05) is 5.32 Å². The summed E-state index contributed by atoms with van der Waals surface area (Å²) in [6.45, 7) is 4.98. The van der Waals surface area contributed by atoms with Crippen LogP contribution in [0.4, 0.5) is 5.69 Å². The molecular weight excluding hydrogens is 204 g/mol. The van der Waals surface area contributed by atoms with Crippen molar-refractivity contribution >= 4 is 17.5 Å². The molecule has 0 aliphatic rings. The van der Waals surface area contributed by atoms with Crippen LogP contribution in [0.1, 0.15) is 26.3 Å². The summed E-state index contributed by atoms with van der Waals surface area (Å²) >= 11 is 0. The van der Waals surface area contributed by atoms with Gasteiger partial charge < -0.3 is 11.1 Å². The van der Waals surface area contributed by atoms with E-state index in [4.69, 9.17) is 5.73 Å². The van der Waals surface area contributed by atoms with E-state index in [9.17, 15) is 9.59 Å². The van der Waals surface area contributed by atoms with Gasteiger partial charge in [0.05, 0.1) is 5.41 Å². The molecule has 1 aromatic carbocycles. The summed E-state index contributed by atoms with van der Waals surface area (Å²) in [6, 6.07) is 7.08. The number of primary amides is 1. The minimum atomic E-state index is -0.700. The highest BCUT2D eigenvalue weighted by molar-refractivity contribution is 5.89. The van der Waals surface area contributed by atoms with E-state index in [0.717, 1.165) is 5.56 Å². The number of benzene rings is 1. The number of hydrogen-bond donors (Lipinski definition) is 2. The number of carbonyl (C=O) groups excluding carboxylic acids is 2. The summed E-state index contributed by atoms with van der Waals surface area (Å²) in [5.74, 6) is -0.498. The van der Waals surface area contributed by atoms with Crippen LogP contribution in [0.15, 0.2) is 24.3 Å². The number of hydrogen-bond acceptors (Lipinski definition) is 2. The first-order valence-corrected chi connectivity index (χ1v) is 5.02. The number of rotatable bonds is 3. The molecule has 0 unspecified atom stereocenters. The monoisotopic (exact) mass is 220 g/mol. The summed E-state index contributed by atoms with van der Waals surface area (Å²) in [4.78, 5) is 22.1. The molecule has 4 heteroatoms. The van der Waals surface area contributed by atoms with Gasteiger partial charge in [0.25, 0.3) is 0 Å². The molecule has 0 spiro atoms. The molecule has 16 heavy (non-hydrogen) atoms. The highest BCUT2D eigenvalue weighted by Crippen LogP contribution is 2.23. The van der Waals surface area contributed by atoms with Gasteiger partial charge in [-0.1, -0.05) is 12.1 Å². The molecule has 3 N–H and O–H groups in total. The first-order chi connectivity index (χ1) is 7.34. The molecule has 0 heterocycles. The van der Waals surface area contributed by atoms with E-state index in [2.05, 4.69) is 5.32 Å². The van der Waals surface area contributed by atoms with Gasteiger partial charge in [-0.05, 0) is 31.5 Å². The van der Waals surface area contributed by atoms with Crippen LogP contribution in [0.2, 0.25) is 0 Å². The average molecular weight is 220 g/mol. The number of amides is 2. The van der Waals surface area contributed by atoms with Crippen LogP contribution in [0.3, 0.4) is 0 Å². The molecule has 1 aromatic rings. The molecule has 0 aromatic heterocycles. The molecule has 0 atom stereocenters. The zero-order chi connectivity index (χ0) is 12.3. The van der Waals surface area contributed by atoms with Gasteiger partial charge in [0.1, 0.15) is 0 Å². The Morgan fingerprint density at radius 3 is 2.06 bits per heavy atom. The van der Waals surface area contributed by atoms with Crippen LogP contribution >= 0.6 is 0 Å². The Morgan fingerprint density at radius 2 is 1.69 bits per heavy atom. The Labute approximate surface area is 94.8 Å². The third-order valence-electron chi connectivity index (χ3n) is 2.54. The van der Waals surface area contributed by atoms with Crippen molar-refractivity contribution in [3.63, 3.8) is 0 Å². The largest absolute Gasteiger partial charge is 0.369 e. The fourth-order valence-corrected chi connectivity index (χ4v) is 1.32. The van der Waals surface area contributed by atoms with Gasteiger partial charge in [0, 0.05) is 12.6 Å². The van der Waals surface area contributed by atoms with Gasteiger partial charge >= 0.3 is 0 Å². The minimum absolute atomic E-state index is 0.123. The maximum Gasteiger partial charge on any atom is 0.227 e. The number of nitrogens with two attached hydrogens (primary N) is 1. The van der Waals surface area contributed by atoms with Crippen molar-refractivity contribution in [1.82, 2.24) is 0 Å². The molecule has 0 aliphatic carbocycles. The van der Waals surface area contributed by atoms with E-state index in [1.54, 1.807) is 38.1 Å². The minimum Gasteiger partial charge on any atom is -0.369 e. The molecule has 0 bridgehead atoms. The Balaban J connectivity index is 2.95. The quantitative estimate of drug-likeness (QED) is 0.808. The summed E-state index contributed by atoms with van der Waals surface area (Å²) < 4.78 is 0. The highest BCUT2D eigenvalue weighted by Gasteiger charge is 2.26. The lowest BCUT2D eigenvalue weighted by atomic mass is 9.84. The van der Waals surface area contributed by atoms with Crippen LogP contribution in [0, 0.1) is 0 Å². The Hall–Kier alpha value is -1.84. The third kappa shape index (κ3) is 2.59. The summed E-state index contributed by atoms with van der Waals surface area (Å²) in [6.07, 6.45) is 0. The molecular formula is C12H16N2O2. The second-order valence-corrected chi connectivity index (χ2v) is 4.25. The van der Waals surface area contributed by atoms with Gasteiger partial charge in [-0.3, -0.25) is 9.59 Å². The maximum absolute atomic E-state index is 11.2. The van der Waals surface area contributed by atoms with E-state index >= 15 is 0 Å². The van der Waals surface area contributed by atoms with E-state index in [1.165, 1.54) is 6.92 Å².